The summed E-state index contributed by atoms with van der Waals surface area (Å²) in [6.07, 6.45) is 0. The zero-order valence-electron chi connectivity index (χ0n) is 10.00. The third-order valence-corrected chi connectivity index (χ3v) is 4.59. The van der Waals surface area contributed by atoms with Crippen LogP contribution in [0.1, 0.15) is 17.4 Å². The standard InChI is InChI=1S/C13H12BrClN2S/c1-8-3-4-10(7-11(8)15)17-16-9(2)12-5-6-13(14)18-12/h3-7,17H,1-2H3/b16-9-. The summed E-state index contributed by atoms with van der Waals surface area (Å²) < 4.78 is 1.10. The van der Waals surface area contributed by atoms with Gasteiger partial charge in [-0.15, -0.1) is 11.3 Å². The van der Waals surface area contributed by atoms with Crippen molar-refractivity contribution < 1.29 is 0 Å². The van der Waals surface area contributed by atoms with E-state index in [1.165, 1.54) is 0 Å². The van der Waals surface area contributed by atoms with Gasteiger partial charge in [0.15, 0.2) is 0 Å². The van der Waals surface area contributed by atoms with Crippen LogP contribution < -0.4 is 5.43 Å². The Labute approximate surface area is 124 Å². The maximum absolute atomic E-state index is 6.06. The lowest BCUT2D eigenvalue weighted by molar-refractivity contribution is 1.32. The molecule has 18 heavy (non-hydrogen) atoms. The minimum Gasteiger partial charge on any atom is -0.278 e. The Hall–Kier alpha value is -0.840. The monoisotopic (exact) mass is 342 g/mol. The number of hydrazone groups is 1. The van der Waals surface area contributed by atoms with E-state index in [0.717, 1.165) is 30.6 Å². The summed E-state index contributed by atoms with van der Waals surface area (Å²) in [5, 5.41) is 5.09. The Morgan fingerprint density at radius 1 is 1.33 bits per heavy atom. The molecule has 0 bridgehead atoms. The number of thiophene rings is 1. The summed E-state index contributed by atoms with van der Waals surface area (Å²) in [5.41, 5.74) is 5.91. The van der Waals surface area contributed by atoms with Crippen molar-refractivity contribution in [3.63, 3.8) is 0 Å². The Kier molecular flexibility index (Phi) is 4.43. The van der Waals surface area contributed by atoms with Crippen LogP contribution >= 0.6 is 38.9 Å². The fourth-order valence-corrected chi connectivity index (χ4v) is 2.89. The van der Waals surface area contributed by atoms with Crippen molar-refractivity contribution in [2.75, 3.05) is 5.43 Å². The van der Waals surface area contributed by atoms with Gasteiger partial charge in [0.25, 0.3) is 0 Å². The van der Waals surface area contributed by atoms with Gasteiger partial charge < -0.3 is 0 Å². The minimum atomic E-state index is 0.742. The van der Waals surface area contributed by atoms with Gasteiger partial charge in [-0.3, -0.25) is 5.43 Å². The van der Waals surface area contributed by atoms with Crippen LogP contribution in [0, 0.1) is 6.92 Å². The van der Waals surface area contributed by atoms with Crippen molar-refractivity contribution in [1.29, 1.82) is 0 Å². The van der Waals surface area contributed by atoms with Gasteiger partial charge in [0.05, 0.1) is 20.1 Å². The van der Waals surface area contributed by atoms with Crippen LogP contribution in [0.3, 0.4) is 0 Å². The third kappa shape index (κ3) is 3.34. The SMILES string of the molecule is C/C(=N/Nc1ccc(C)c(Cl)c1)c1ccc(Br)s1. The molecule has 5 heteroatoms. The number of aryl methyl sites for hydroxylation is 1. The highest BCUT2D eigenvalue weighted by Crippen LogP contribution is 2.23. The van der Waals surface area contributed by atoms with Crippen molar-refractivity contribution in [3.05, 3.63) is 49.6 Å². The average Bonchev–Trinajstić information content (AvgIpc) is 2.77. The van der Waals surface area contributed by atoms with Gasteiger partial charge in [-0.1, -0.05) is 17.7 Å². The van der Waals surface area contributed by atoms with Crippen LogP contribution in [-0.2, 0) is 0 Å². The van der Waals surface area contributed by atoms with Gasteiger partial charge in [-0.2, -0.15) is 5.10 Å². The first-order valence-corrected chi connectivity index (χ1v) is 7.37. The molecule has 0 saturated heterocycles. The highest BCUT2D eigenvalue weighted by molar-refractivity contribution is 9.11. The number of hydrogen-bond acceptors (Lipinski definition) is 3. The number of anilines is 1. The van der Waals surface area contributed by atoms with Crippen LogP contribution in [0.4, 0.5) is 5.69 Å². The molecule has 0 spiro atoms. The molecule has 2 nitrogen and oxygen atoms in total. The first-order chi connectivity index (χ1) is 8.56. The van der Waals surface area contributed by atoms with Crippen molar-refractivity contribution in [3.8, 4) is 0 Å². The van der Waals surface area contributed by atoms with E-state index in [1.807, 2.05) is 44.2 Å². The second kappa shape index (κ2) is 5.87. The molecular formula is C13H12BrClN2S. The van der Waals surface area contributed by atoms with Gasteiger partial charge in [0.2, 0.25) is 0 Å². The summed E-state index contributed by atoms with van der Waals surface area (Å²) in [5.74, 6) is 0. The number of hydrogen-bond donors (Lipinski definition) is 1. The molecule has 0 aliphatic heterocycles. The summed E-state index contributed by atoms with van der Waals surface area (Å²) in [4.78, 5) is 1.13. The normalized spacial score (nSPS) is 11.7. The molecule has 2 rings (SSSR count). The maximum Gasteiger partial charge on any atom is 0.0748 e. The van der Waals surface area contributed by atoms with Gasteiger partial charge >= 0.3 is 0 Å². The number of nitrogens with one attached hydrogen (secondary N) is 1. The van der Waals surface area contributed by atoms with Crippen molar-refractivity contribution in [2.24, 2.45) is 5.10 Å². The van der Waals surface area contributed by atoms with E-state index >= 15 is 0 Å². The van der Waals surface area contributed by atoms with Crippen LogP contribution in [0.5, 0.6) is 0 Å². The lowest BCUT2D eigenvalue weighted by Gasteiger charge is -2.04. The second-order valence-electron chi connectivity index (χ2n) is 3.88. The molecule has 0 unspecified atom stereocenters. The van der Waals surface area contributed by atoms with E-state index in [2.05, 4.69) is 26.5 Å². The van der Waals surface area contributed by atoms with Gasteiger partial charge in [0, 0.05) is 5.02 Å². The highest BCUT2D eigenvalue weighted by Gasteiger charge is 2.01. The topological polar surface area (TPSA) is 24.4 Å². The molecule has 0 radical (unpaired) electrons. The molecule has 2 aromatic rings. The molecule has 1 aromatic carbocycles. The number of benzene rings is 1. The summed E-state index contributed by atoms with van der Waals surface area (Å²) in [6.45, 7) is 3.95. The Balaban J connectivity index is 2.12. The molecule has 94 valence electrons. The lowest BCUT2D eigenvalue weighted by atomic mass is 10.2. The number of nitrogens with zero attached hydrogens (tertiary/aromatic N) is 1. The molecule has 1 heterocycles. The van der Waals surface area contributed by atoms with E-state index in [-0.39, 0.29) is 0 Å². The number of rotatable bonds is 3. The fourth-order valence-electron chi connectivity index (χ4n) is 1.37. The van der Waals surface area contributed by atoms with Crippen LogP contribution in [-0.4, -0.2) is 5.71 Å². The van der Waals surface area contributed by atoms with Crippen LogP contribution in [0.2, 0.25) is 5.02 Å². The summed E-state index contributed by atoms with van der Waals surface area (Å²) in [6, 6.07) is 9.86. The first kappa shape index (κ1) is 13.6. The molecule has 0 amide bonds. The van der Waals surface area contributed by atoms with Gasteiger partial charge in [-0.05, 0) is 59.6 Å². The summed E-state index contributed by atoms with van der Waals surface area (Å²) in [7, 11) is 0. The van der Waals surface area contributed by atoms with Crippen LogP contribution in [0.25, 0.3) is 0 Å². The Bertz CT molecular complexity index is 592. The van der Waals surface area contributed by atoms with E-state index < -0.39 is 0 Å². The smallest absolute Gasteiger partial charge is 0.0748 e. The molecule has 0 atom stereocenters. The Morgan fingerprint density at radius 3 is 2.72 bits per heavy atom. The van der Waals surface area contributed by atoms with E-state index in [4.69, 9.17) is 11.6 Å². The lowest BCUT2D eigenvalue weighted by Crippen LogP contribution is -1.97. The molecule has 0 saturated carbocycles. The molecule has 0 fully saturated rings. The molecule has 1 N–H and O–H groups in total. The first-order valence-electron chi connectivity index (χ1n) is 5.38. The van der Waals surface area contributed by atoms with Gasteiger partial charge in [-0.25, -0.2) is 0 Å². The zero-order chi connectivity index (χ0) is 13.1. The quantitative estimate of drug-likeness (QED) is 0.593. The van der Waals surface area contributed by atoms with E-state index in [1.54, 1.807) is 11.3 Å². The predicted molar refractivity (Wildman–Crippen MR) is 84.0 cm³/mol. The number of halogens is 2. The zero-order valence-corrected chi connectivity index (χ0v) is 13.2. The Morgan fingerprint density at radius 2 is 2.11 bits per heavy atom. The van der Waals surface area contributed by atoms with E-state index in [9.17, 15) is 0 Å². The van der Waals surface area contributed by atoms with Crippen molar-refractivity contribution in [2.45, 2.75) is 13.8 Å². The molecule has 0 aliphatic rings. The van der Waals surface area contributed by atoms with Crippen molar-refractivity contribution >= 4 is 50.3 Å². The maximum atomic E-state index is 6.06. The second-order valence-corrected chi connectivity index (χ2v) is 6.75. The minimum absolute atomic E-state index is 0.742. The molecule has 0 aliphatic carbocycles. The predicted octanol–water partition coefficient (Wildman–Crippen LogP) is 5.31. The summed E-state index contributed by atoms with van der Waals surface area (Å²) >= 11 is 11.2. The van der Waals surface area contributed by atoms with Crippen molar-refractivity contribution in [1.82, 2.24) is 0 Å². The fraction of sp³-hybridized carbons (Fsp3) is 0.154. The average molecular weight is 344 g/mol. The largest absolute Gasteiger partial charge is 0.278 e. The molecule has 1 aromatic heterocycles. The molecular weight excluding hydrogens is 332 g/mol. The third-order valence-electron chi connectivity index (χ3n) is 2.45. The van der Waals surface area contributed by atoms with Gasteiger partial charge in [0.1, 0.15) is 0 Å². The highest BCUT2D eigenvalue weighted by atomic mass is 79.9. The van der Waals surface area contributed by atoms with E-state index in [0.29, 0.717) is 0 Å². The van der Waals surface area contributed by atoms with Crippen LogP contribution in [0.15, 0.2) is 39.2 Å².